The smallest absolute Gasteiger partial charge is 0.0860 e. The zero-order chi connectivity index (χ0) is 17.3. The number of aromatic nitrogens is 1. The average Bonchev–Trinajstić information content (AvgIpc) is 2.91. The molecule has 3 rings (SSSR count). The standard InChI is InChI=1S/C21H26N2O/c1-14-8-9-19(15(2)12-14)22-11-10-16-13-23-20-17(16)6-5-7-18(20)21(3,4)24/h5-9,12-13,22-24H,10-11H2,1-4H3. The summed E-state index contributed by atoms with van der Waals surface area (Å²) < 4.78 is 0. The van der Waals surface area contributed by atoms with Gasteiger partial charge in [-0.05, 0) is 51.3 Å². The van der Waals surface area contributed by atoms with Gasteiger partial charge in [-0.25, -0.2) is 0 Å². The predicted molar refractivity (Wildman–Crippen MR) is 102 cm³/mol. The maximum absolute atomic E-state index is 10.3. The van der Waals surface area contributed by atoms with Crippen molar-refractivity contribution >= 4 is 16.6 Å². The predicted octanol–water partition coefficient (Wildman–Crippen LogP) is 4.67. The summed E-state index contributed by atoms with van der Waals surface area (Å²) in [5.41, 5.74) is 6.15. The lowest BCUT2D eigenvalue weighted by Crippen LogP contribution is -2.15. The van der Waals surface area contributed by atoms with Crippen LogP contribution in [0.4, 0.5) is 5.69 Å². The van der Waals surface area contributed by atoms with Gasteiger partial charge in [0.2, 0.25) is 0 Å². The van der Waals surface area contributed by atoms with Gasteiger partial charge in [0.05, 0.1) is 11.1 Å². The van der Waals surface area contributed by atoms with Gasteiger partial charge in [-0.3, -0.25) is 0 Å². The van der Waals surface area contributed by atoms with Gasteiger partial charge < -0.3 is 15.4 Å². The number of anilines is 1. The number of rotatable bonds is 5. The Bertz CT molecular complexity index is 856. The molecule has 0 saturated heterocycles. The second-order valence-electron chi connectivity index (χ2n) is 7.10. The highest BCUT2D eigenvalue weighted by Crippen LogP contribution is 2.29. The quantitative estimate of drug-likeness (QED) is 0.639. The van der Waals surface area contributed by atoms with Crippen LogP contribution in [0.3, 0.4) is 0 Å². The highest BCUT2D eigenvalue weighted by Gasteiger charge is 2.20. The summed E-state index contributed by atoms with van der Waals surface area (Å²) in [4.78, 5) is 3.34. The summed E-state index contributed by atoms with van der Waals surface area (Å²) in [6.45, 7) is 8.78. The molecule has 3 heteroatoms. The number of H-pyrrole nitrogens is 1. The molecule has 0 aliphatic carbocycles. The molecule has 0 aliphatic heterocycles. The fourth-order valence-electron chi connectivity index (χ4n) is 3.27. The molecule has 1 aromatic heterocycles. The van der Waals surface area contributed by atoms with Crippen molar-refractivity contribution < 1.29 is 5.11 Å². The maximum Gasteiger partial charge on any atom is 0.0860 e. The summed E-state index contributed by atoms with van der Waals surface area (Å²) in [7, 11) is 0. The first-order valence-electron chi connectivity index (χ1n) is 8.49. The average molecular weight is 322 g/mol. The normalized spacial score (nSPS) is 11.9. The van der Waals surface area contributed by atoms with Crippen molar-refractivity contribution in [2.24, 2.45) is 0 Å². The maximum atomic E-state index is 10.3. The van der Waals surface area contributed by atoms with E-state index in [4.69, 9.17) is 0 Å². The fraction of sp³-hybridized carbons (Fsp3) is 0.333. The number of para-hydroxylation sites is 1. The highest BCUT2D eigenvalue weighted by atomic mass is 16.3. The van der Waals surface area contributed by atoms with E-state index in [0.717, 1.165) is 24.0 Å². The molecule has 0 fully saturated rings. The minimum Gasteiger partial charge on any atom is -0.386 e. The van der Waals surface area contributed by atoms with Crippen molar-refractivity contribution in [2.45, 2.75) is 39.7 Å². The van der Waals surface area contributed by atoms with Crippen molar-refractivity contribution in [1.29, 1.82) is 0 Å². The Hall–Kier alpha value is -2.26. The van der Waals surface area contributed by atoms with E-state index in [2.05, 4.69) is 54.6 Å². The summed E-state index contributed by atoms with van der Waals surface area (Å²) >= 11 is 0. The fourth-order valence-corrected chi connectivity index (χ4v) is 3.27. The number of fused-ring (bicyclic) bond motifs is 1. The lowest BCUT2D eigenvalue weighted by atomic mass is 9.95. The van der Waals surface area contributed by atoms with Crippen LogP contribution in [0, 0.1) is 13.8 Å². The summed E-state index contributed by atoms with van der Waals surface area (Å²) in [6.07, 6.45) is 2.99. The zero-order valence-electron chi connectivity index (χ0n) is 14.9. The molecule has 24 heavy (non-hydrogen) atoms. The molecule has 0 aliphatic rings. The second kappa shape index (κ2) is 6.33. The van der Waals surface area contributed by atoms with Crippen molar-refractivity contribution in [3.8, 4) is 0 Å². The molecule has 0 unspecified atom stereocenters. The Kier molecular flexibility index (Phi) is 4.37. The number of hydrogen-bond acceptors (Lipinski definition) is 2. The van der Waals surface area contributed by atoms with Crippen LogP contribution in [0.2, 0.25) is 0 Å². The molecular weight excluding hydrogens is 296 g/mol. The second-order valence-corrected chi connectivity index (χ2v) is 7.10. The molecule has 0 bridgehead atoms. The molecule has 0 spiro atoms. The van der Waals surface area contributed by atoms with Crippen molar-refractivity contribution in [2.75, 3.05) is 11.9 Å². The van der Waals surface area contributed by atoms with Crippen LogP contribution in [-0.2, 0) is 12.0 Å². The third-order valence-electron chi connectivity index (χ3n) is 4.55. The Balaban J connectivity index is 1.77. The largest absolute Gasteiger partial charge is 0.386 e. The van der Waals surface area contributed by atoms with E-state index in [1.54, 1.807) is 0 Å². The number of benzene rings is 2. The first-order valence-corrected chi connectivity index (χ1v) is 8.49. The summed E-state index contributed by atoms with van der Waals surface area (Å²) in [6, 6.07) is 12.6. The van der Waals surface area contributed by atoms with E-state index < -0.39 is 5.60 Å². The third-order valence-corrected chi connectivity index (χ3v) is 4.55. The molecule has 126 valence electrons. The van der Waals surface area contributed by atoms with Crippen LogP contribution in [0.1, 0.15) is 36.1 Å². The Morgan fingerprint density at radius 2 is 1.92 bits per heavy atom. The van der Waals surface area contributed by atoms with Gasteiger partial charge in [-0.2, -0.15) is 0 Å². The minimum absolute atomic E-state index is 0.848. The van der Waals surface area contributed by atoms with E-state index in [9.17, 15) is 5.11 Å². The van der Waals surface area contributed by atoms with Crippen LogP contribution in [0.5, 0.6) is 0 Å². The Morgan fingerprint density at radius 1 is 1.12 bits per heavy atom. The molecule has 0 radical (unpaired) electrons. The van der Waals surface area contributed by atoms with Crippen LogP contribution in [-0.4, -0.2) is 16.6 Å². The van der Waals surface area contributed by atoms with Gasteiger partial charge in [-0.15, -0.1) is 0 Å². The van der Waals surface area contributed by atoms with Gasteiger partial charge in [0.25, 0.3) is 0 Å². The number of aryl methyl sites for hydroxylation is 2. The lowest BCUT2D eigenvalue weighted by Gasteiger charge is -2.18. The molecule has 0 amide bonds. The molecule has 0 atom stereocenters. The first kappa shape index (κ1) is 16.6. The van der Waals surface area contributed by atoms with Crippen LogP contribution < -0.4 is 5.32 Å². The molecule has 3 N–H and O–H groups in total. The molecule has 1 heterocycles. The SMILES string of the molecule is Cc1ccc(NCCc2c[nH]c3c(C(C)(C)O)cccc23)c(C)c1. The number of hydrogen-bond donors (Lipinski definition) is 3. The van der Waals surface area contributed by atoms with Gasteiger partial charge >= 0.3 is 0 Å². The third kappa shape index (κ3) is 3.31. The van der Waals surface area contributed by atoms with E-state index in [0.29, 0.717) is 0 Å². The number of aromatic amines is 1. The summed E-state index contributed by atoms with van der Waals surface area (Å²) in [5.74, 6) is 0. The van der Waals surface area contributed by atoms with Gasteiger partial charge in [0.15, 0.2) is 0 Å². The Labute approximate surface area is 143 Å². The van der Waals surface area contributed by atoms with E-state index in [-0.39, 0.29) is 0 Å². The van der Waals surface area contributed by atoms with Crippen molar-refractivity contribution in [1.82, 2.24) is 4.98 Å². The molecule has 3 nitrogen and oxygen atoms in total. The van der Waals surface area contributed by atoms with Crippen LogP contribution >= 0.6 is 0 Å². The van der Waals surface area contributed by atoms with E-state index in [1.807, 2.05) is 26.0 Å². The van der Waals surface area contributed by atoms with Crippen molar-refractivity contribution in [3.05, 3.63) is 64.8 Å². The topological polar surface area (TPSA) is 48.0 Å². The number of nitrogens with one attached hydrogen (secondary N) is 2. The number of aliphatic hydroxyl groups is 1. The van der Waals surface area contributed by atoms with Crippen LogP contribution in [0.25, 0.3) is 10.9 Å². The Morgan fingerprint density at radius 3 is 2.62 bits per heavy atom. The van der Waals surface area contributed by atoms with Crippen LogP contribution in [0.15, 0.2) is 42.6 Å². The van der Waals surface area contributed by atoms with E-state index >= 15 is 0 Å². The molecule has 0 saturated carbocycles. The van der Waals surface area contributed by atoms with Gasteiger partial charge in [-0.1, -0.05) is 35.9 Å². The highest BCUT2D eigenvalue weighted by molar-refractivity contribution is 5.86. The first-order chi connectivity index (χ1) is 11.4. The molecule has 2 aromatic carbocycles. The lowest BCUT2D eigenvalue weighted by molar-refractivity contribution is 0.0800. The van der Waals surface area contributed by atoms with Gasteiger partial charge in [0.1, 0.15) is 0 Å². The van der Waals surface area contributed by atoms with Crippen molar-refractivity contribution in [3.63, 3.8) is 0 Å². The monoisotopic (exact) mass is 322 g/mol. The zero-order valence-corrected chi connectivity index (χ0v) is 14.9. The van der Waals surface area contributed by atoms with Gasteiger partial charge in [0, 0.05) is 29.4 Å². The van der Waals surface area contributed by atoms with E-state index in [1.165, 1.54) is 27.8 Å². The molecule has 3 aromatic rings. The molecular formula is C21H26N2O. The minimum atomic E-state index is -0.848. The summed E-state index contributed by atoms with van der Waals surface area (Å²) in [5, 5.41) is 15.1.